The fourth-order valence-electron chi connectivity index (χ4n) is 1.97. The van der Waals surface area contributed by atoms with Crippen molar-refractivity contribution in [3.8, 4) is 11.5 Å². The third kappa shape index (κ3) is 3.83. The number of hydrogen-bond acceptors (Lipinski definition) is 4. The van der Waals surface area contributed by atoms with Gasteiger partial charge in [-0.15, -0.1) is 0 Å². The summed E-state index contributed by atoms with van der Waals surface area (Å²) < 4.78 is 10.6. The van der Waals surface area contributed by atoms with Gasteiger partial charge in [-0.1, -0.05) is 36.0 Å². The number of ether oxygens (including phenoxy) is 2. The zero-order valence-electron chi connectivity index (χ0n) is 11.8. The van der Waals surface area contributed by atoms with Crippen molar-refractivity contribution in [2.45, 2.75) is 11.4 Å². The molecule has 1 N–H and O–H groups in total. The standard InChI is InChI=1S/C17H15NO3S/c19-17(8-9-22-14-4-2-1-3-5-14)18-11-13-6-7-15-16(10-13)21-12-20-15/h1-10H,11-12H2,(H,18,19). The Morgan fingerprint density at radius 3 is 2.82 bits per heavy atom. The molecule has 0 saturated heterocycles. The van der Waals surface area contributed by atoms with E-state index in [1.807, 2.05) is 48.5 Å². The zero-order chi connectivity index (χ0) is 15.2. The summed E-state index contributed by atoms with van der Waals surface area (Å²) in [5.41, 5.74) is 0.974. The minimum Gasteiger partial charge on any atom is -0.454 e. The molecule has 1 aliphatic heterocycles. The number of hydrogen-bond donors (Lipinski definition) is 1. The van der Waals surface area contributed by atoms with Crippen molar-refractivity contribution in [3.05, 3.63) is 65.6 Å². The smallest absolute Gasteiger partial charge is 0.244 e. The van der Waals surface area contributed by atoms with E-state index in [-0.39, 0.29) is 12.7 Å². The van der Waals surface area contributed by atoms with Gasteiger partial charge in [-0.2, -0.15) is 0 Å². The van der Waals surface area contributed by atoms with Crippen LogP contribution in [0.3, 0.4) is 0 Å². The minimum atomic E-state index is -0.124. The molecular weight excluding hydrogens is 298 g/mol. The summed E-state index contributed by atoms with van der Waals surface area (Å²) in [6.45, 7) is 0.709. The van der Waals surface area contributed by atoms with Gasteiger partial charge in [0.05, 0.1) is 0 Å². The molecule has 0 spiro atoms. The van der Waals surface area contributed by atoms with Crippen molar-refractivity contribution in [1.29, 1.82) is 0 Å². The van der Waals surface area contributed by atoms with Crippen LogP contribution in [0, 0.1) is 0 Å². The molecule has 0 aromatic heterocycles. The van der Waals surface area contributed by atoms with Gasteiger partial charge in [-0.25, -0.2) is 0 Å². The van der Waals surface area contributed by atoms with E-state index in [4.69, 9.17) is 9.47 Å². The molecule has 2 aromatic carbocycles. The molecule has 22 heavy (non-hydrogen) atoms. The van der Waals surface area contributed by atoms with Crippen molar-refractivity contribution in [3.63, 3.8) is 0 Å². The Morgan fingerprint density at radius 1 is 1.14 bits per heavy atom. The lowest BCUT2D eigenvalue weighted by Gasteiger charge is -2.04. The first-order valence-corrected chi connectivity index (χ1v) is 7.74. The first-order valence-electron chi connectivity index (χ1n) is 6.86. The van der Waals surface area contributed by atoms with Crippen LogP contribution in [0.4, 0.5) is 0 Å². The summed E-state index contributed by atoms with van der Waals surface area (Å²) in [6.07, 6.45) is 1.53. The number of carbonyl (C=O) groups excluding carboxylic acids is 1. The Morgan fingerprint density at radius 2 is 1.95 bits per heavy atom. The van der Waals surface area contributed by atoms with E-state index in [2.05, 4.69) is 5.32 Å². The lowest BCUT2D eigenvalue weighted by Crippen LogP contribution is -2.20. The molecular formula is C17H15NO3S. The summed E-state index contributed by atoms with van der Waals surface area (Å²) in [5, 5.41) is 4.62. The van der Waals surface area contributed by atoms with Gasteiger partial charge < -0.3 is 14.8 Å². The lowest BCUT2D eigenvalue weighted by atomic mass is 10.2. The van der Waals surface area contributed by atoms with E-state index in [1.165, 1.54) is 17.8 Å². The van der Waals surface area contributed by atoms with Crippen LogP contribution in [-0.2, 0) is 11.3 Å². The van der Waals surface area contributed by atoms with Crippen molar-refractivity contribution < 1.29 is 14.3 Å². The highest BCUT2D eigenvalue weighted by molar-refractivity contribution is 8.02. The number of benzene rings is 2. The van der Waals surface area contributed by atoms with Crippen molar-refractivity contribution in [1.82, 2.24) is 5.32 Å². The highest BCUT2D eigenvalue weighted by Gasteiger charge is 2.13. The molecule has 4 nitrogen and oxygen atoms in total. The van der Waals surface area contributed by atoms with Crippen molar-refractivity contribution in [2.75, 3.05) is 6.79 Å². The largest absolute Gasteiger partial charge is 0.454 e. The molecule has 0 fully saturated rings. The molecule has 1 heterocycles. The molecule has 2 aromatic rings. The average molecular weight is 313 g/mol. The van der Waals surface area contributed by atoms with Gasteiger partial charge >= 0.3 is 0 Å². The number of nitrogens with one attached hydrogen (secondary N) is 1. The molecule has 0 bridgehead atoms. The average Bonchev–Trinajstić information content (AvgIpc) is 3.01. The second-order valence-electron chi connectivity index (χ2n) is 4.64. The van der Waals surface area contributed by atoms with E-state index in [9.17, 15) is 4.79 Å². The maximum Gasteiger partial charge on any atom is 0.244 e. The van der Waals surface area contributed by atoms with E-state index in [1.54, 1.807) is 5.41 Å². The van der Waals surface area contributed by atoms with Crippen LogP contribution >= 0.6 is 11.8 Å². The van der Waals surface area contributed by atoms with Crippen LogP contribution in [0.25, 0.3) is 0 Å². The molecule has 5 heteroatoms. The third-order valence-electron chi connectivity index (χ3n) is 3.07. The summed E-state index contributed by atoms with van der Waals surface area (Å²) in [4.78, 5) is 12.9. The molecule has 112 valence electrons. The van der Waals surface area contributed by atoms with Crippen LogP contribution in [0.5, 0.6) is 11.5 Å². The van der Waals surface area contributed by atoms with E-state index < -0.39 is 0 Å². The predicted octanol–water partition coefficient (Wildman–Crippen LogP) is 3.34. The third-order valence-corrected chi connectivity index (χ3v) is 3.89. The Hall–Kier alpha value is -2.40. The lowest BCUT2D eigenvalue weighted by molar-refractivity contribution is -0.116. The van der Waals surface area contributed by atoms with E-state index in [0.717, 1.165) is 22.0 Å². The van der Waals surface area contributed by atoms with Crippen LogP contribution in [0.1, 0.15) is 5.56 Å². The van der Waals surface area contributed by atoms with Gasteiger partial charge in [0, 0.05) is 17.5 Å². The molecule has 1 aliphatic rings. The van der Waals surface area contributed by atoms with Gasteiger partial charge in [0.25, 0.3) is 0 Å². The Kier molecular flexibility index (Phi) is 4.65. The summed E-state index contributed by atoms with van der Waals surface area (Å²) in [5.74, 6) is 1.34. The Balaban J connectivity index is 1.48. The van der Waals surface area contributed by atoms with Gasteiger partial charge in [-0.3, -0.25) is 4.79 Å². The molecule has 3 rings (SSSR count). The normalized spacial score (nSPS) is 12.5. The van der Waals surface area contributed by atoms with Gasteiger partial charge in [0.15, 0.2) is 11.5 Å². The minimum absolute atomic E-state index is 0.124. The van der Waals surface area contributed by atoms with Crippen molar-refractivity contribution >= 4 is 17.7 Å². The molecule has 0 radical (unpaired) electrons. The Labute approximate surface area is 133 Å². The predicted molar refractivity (Wildman–Crippen MR) is 85.9 cm³/mol. The molecule has 0 saturated carbocycles. The van der Waals surface area contributed by atoms with Crippen LogP contribution in [0.15, 0.2) is 64.9 Å². The number of carbonyl (C=O) groups is 1. The van der Waals surface area contributed by atoms with Crippen LogP contribution in [0.2, 0.25) is 0 Å². The zero-order valence-corrected chi connectivity index (χ0v) is 12.6. The topological polar surface area (TPSA) is 47.6 Å². The van der Waals surface area contributed by atoms with Gasteiger partial charge in [0.2, 0.25) is 12.7 Å². The van der Waals surface area contributed by atoms with Crippen LogP contribution < -0.4 is 14.8 Å². The summed E-state index contributed by atoms with van der Waals surface area (Å²) in [7, 11) is 0. The maximum absolute atomic E-state index is 11.8. The molecule has 0 atom stereocenters. The second-order valence-corrected chi connectivity index (χ2v) is 5.62. The van der Waals surface area contributed by atoms with Crippen molar-refractivity contribution in [2.24, 2.45) is 0 Å². The number of fused-ring (bicyclic) bond motifs is 1. The number of rotatable bonds is 5. The SMILES string of the molecule is O=C(C=CSc1ccccc1)NCc1ccc2c(c1)OCO2. The monoisotopic (exact) mass is 313 g/mol. The summed E-state index contributed by atoms with van der Waals surface area (Å²) in [6, 6.07) is 15.5. The molecule has 1 amide bonds. The maximum atomic E-state index is 11.8. The summed E-state index contributed by atoms with van der Waals surface area (Å²) >= 11 is 1.51. The quantitative estimate of drug-likeness (QED) is 0.679. The van der Waals surface area contributed by atoms with Gasteiger partial charge in [-0.05, 0) is 35.2 Å². The van der Waals surface area contributed by atoms with E-state index >= 15 is 0 Å². The highest BCUT2D eigenvalue weighted by Crippen LogP contribution is 2.32. The number of amides is 1. The number of thioether (sulfide) groups is 1. The first kappa shape index (κ1) is 14.5. The van der Waals surface area contributed by atoms with Crippen LogP contribution in [-0.4, -0.2) is 12.7 Å². The highest BCUT2D eigenvalue weighted by atomic mass is 32.2. The fraction of sp³-hybridized carbons (Fsp3) is 0.118. The molecule has 0 aliphatic carbocycles. The first-order chi connectivity index (χ1) is 10.8. The fourth-order valence-corrected chi connectivity index (χ4v) is 2.64. The second kappa shape index (κ2) is 7.04. The van der Waals surface area contributed by atoms with Gasteiger partial charge in [0.1, 0.15) is 0 Å². The molecule has 0 unspecified atom stereocenters. The van der Waals surface area contributed by atoms with E-state index in [0.29, 0.717) is 6.54 Å². The Bertz CT molecular complexity index is 686.